The van der Waals surface area contributed by atoms with E-state index in [2.05, 4.69) is 10.5 Å². The Morgan fingerprint density at radius 3 is 2.74 bits per heavy atom. The zero-order chi connectivity index (χ0) is 13.8. The van der Waals surface area contributed by atoms with Crippen LogP contribution in [0.25, 0.3) is 0 Å². The second-order valence-electron chi connectivity index (χ2n) is 4.02. The number of nitrogens with zero attached hydrogens (tertiary/aromatic N) is 1. The lowest BCUT2D eigenvalue weighted by Gasteiger charge is -2.08. The second-order valence-corrected chi connectivity index (χ2v) is 4.02. The Balaban J connectivity index is 2.22. The maximum atomic E-state index is 11.9. The lowest BCUT2D eigenvalue weighted by Crippen LogP contribution is -2.14. The van der Waals surface area contributed by atoms with Crippen LogP contribution >= 0.6 is 0 Å². The predicted octanol–water partition coefficient (Wildman–Crippen LogP) is 1.86. The van der Waals surface area contributed by atoms with Gasteiger partial charge in [-0.05, 0) is 18.6 Å². The molecule has 1 aromatic heterocycles. The van der Waals surface area contributed by atoms with Gasteiger partial charge in [-0.2, -0.15) is 0 Å². The van der Waals surface area contributed by atoms with E-state index in [0.29, 0.717) is 16.8 Å². The fraction of sp³-hybridized carbons (Fsp3) is 0.154. The summed E-state index contributed by atoms with van der Waals surface area (Å²) >= 11 is 0. The van der Waals surface area contributed by atoms with Gasteiger partial charge in [0.1, 0.15) is 0 Å². The molecule has 0 bridgehead atoms. The summed E-state index contributed by atoms with van der Waals surface area (Å²) < 4.78 is 4.84. The first-order valence-electron chi connectivity index (χ1n) is 5.60. The van der Waals surface area contributed by atoms with Crippen molar-refractivity contribution in [3.05, 3.63) is 47.3 Å². The highest BCUT2D eigenvalue weighted by molar-refractivity contribution is 6.03. The molecule has 0 radical (unpaired) electrons. The molecule has 2 rings (SSSR count). The van der Waals surface area contributed by atoms with Crippen molar-refractivity contribution in [2.45, 2.75) is 13.3 Å². The van der Waals surface area contributed by atoms with Crippen LogP contribution in [0.2, 0.25) is 0 Å². The van der Waals surface area contributed by atoms with Crippen LogP contribution in [0, 0.1) is 6.92 Å². The first-order chi connectivity index (χ1) is 9.08. The fourth-order valence-electron chi connectivity index (χ4n) is 1.65. The monoisotopic (exact) mass is 260 g/mol. The van der Waals surface area contributed by atoms with Gasteiger partial charge in [0.2, 0.25) is 5.76 Å². The molecule has 2 aromatic rings. The van der Waals surface area contributed by atoms with Gasteiger partial charge in [-0.15, -0.1) is 0 Å². The molecule has 1 aromatic carbocycles. The van der Waals surface area contributed by atoms with Crippen molar-refractivity contribution < 1.29 is 19.2 Å². The molecule has 0 aliphatic carbocycles. The normalized spacial score (nSPS) is 10.2. The van der Waals surface area contributed by atoms with Crippen LogP contribution in [-0.4, -0.2) is 22.1 Å². The summed E-state index contributed by atoms with van der Waals surface area (Å²) in [6.07, 6.45) is 1.28. The Hall–Kier alpha value is -2.63. The Bertz CT molecular complexity index is 619. The zero-order valence-electron chi connectivity index (χ0n) is 10.2. The molecule has 0 spiro atoms. The molecular weight excluding hydrogens is 248 g/mol. The van der Waals surface area contributed by atoms with E-state index in [9.17, 15) is 9.59 Å². The van der Waals surface area contributed by atoms with Gasteiger partial charge in [-0.1, -0.05) is 23.4 Å². The van der Waals surface area contributed by atoms with Crippen LogP contribution in [0.1, 0.15) is 21.7 Å². The lowest BCUT2D eigenvalue weighted by molar-refractivity contribution is -0.136. The molecule has 98 valence electrons. The Morgan fingerprint density at radius 1 is 1.37 bits per heavy atom. The maximum absolute atomic E-state index is 11.9. The number of nitrogens with one attached hydrogen (secondary N) is 1. The molecule has 1 heterocycles. The molecule has 2 N–H and O–H groups in total. The molecular formula is C13H12N2O4. The molecule has 19 heavy (non-hydrogen) atoms. The Labute approximate surface area is 109 Å². The van der Waals surface area contributed by atoms with Crippen molar-refractivity contribution in [3.63, 3.8) is 0 Å². The standard InChI is InChI=1S/C13H12N2O4/c1-8-7-14-19-12(8)13(18)15-10-5-3-2-4-9(10)6-11(16)17/h2-5,7H,6H2,1H3,(H,15,18)(H,16,17). The van der Waals surface area contributed by atoms with E-state index in [0.717, 1.165) is 0 Å². The van der Waals surface area contributed by atoms with Crippen LogP contribution in [0.15, 0.2) is 35.0 Å². The van der Waals surface area contributed by atoms with E-state index in [1.165, 1.54) is 6.20 Å². The van der Waals surface area contributed by atoms with Gasteiger partial charge in [-0.25, -0.2) is 0 Å². The minimum absolute atomic E-state index is 0.116. The topological polar surface area (TPSA) is 92.4 Å². The van der Waals surface area contributed by atoms with E-state index in [4.69, 9.17) is 9.63 Å². The SMILES string of the molecule is Cc1cnoc1C(=O)Nc1ccccc1CC(=O)O. The van der Waals surface area contributed by atoms with Crippen molar-refractivity contribution in [3.8, 4) is 0 Å². The Morgan fingerprint density at radius 2 is 2.11 bits per heavy atom. The number of benzene rings is 1. The molecule has 0 saturated heterocycles. The Kier molecular flexibility index (Phi) is 3.61. The quantitative estimate of drug-likeness (QED) is 0.875. The summed E-state index contributed by atoms with van der Waals surface area (Å²) in [5, 5.41) is 15.0. The summed E-state index contributed by atoms with van der Waals surface area (Å²) in [5.74, 6) is -1.30. The van der Waals surface area contributed by atoms with Crippen LogP contribution in [-0.2, 0) is 11.2 Å². The number of rotatable bonds is 4. The average molecular weight is 260 g/mol. The summed E-state index contributed by atoms with van der Waals surface area (Å²) in [6.45, 7) is 1.70. The van der Waals surface area contributed by atoms with Gasteiger partial charge in [0.15, 0.2) is 0 Å². The van der Waals surface area contributed by atoms with Crippen molar-refractivity contribution in [1.82, 2.24) is 5.16 Å². The van der Waals surface area contributed by atoms with Crippen molar-refractivity contribution in [2.24, 2.45) is 0 Å². The van der Waals surface area contributed by atoms with Crippen LogP contribution in [0.3, 0.4) is 0 Å². The number of para-hydroxylation sites is 1. The molecule has 1 amide bonds. The highest BCUT2D eigenvalue weighted by Gasteiger charge is 2.16. The number of aliphatic carboxylic acids is 1. The van der Waals surface area contributed by atoms with Crippen molar-refractivity contribution >= 4 is 17.6 Å². The number of aromatic nitrogens is 1. The van der Waals surface area contributed by atoms with Gasteiger partial charge >= 0.3 is 5.97 Å². The summed E-state index contributed by atoms with van der Waals surface area (Å²) in [7, 11) is 0. The van der Waals surface area contributed by atoms with Crippen molar-refractivity contribution in [1.29, 1.82) is 0 Å². The minimum atomic E-state index is -0.961. The highest BCUT2D eigenvalue weighted by Crippen LogP contribution is 2.17. The van der Waals surface area contributed by atoms with Gasteiger partial charge in [-0.3, -0.25) is 9.59 Å². The lowest BCUT2D eigenvalue weighted by atomic mass is 10.1. The first kappa shape index (κ1) is 12.8. The largest absolute Gasteiger partial charge is 0.481 e. The van der Waals surface area contributed by atoms with Crippen LogP contribution in [0.5, 0.6) is 0 Å². The van der Waals surface area contributed by atoms with E-state index >= 15 is 0 Å². The van der Waals surface area contributed by atoms with Gasteiger partial charge in [0.25, 0.3) is 5.91 Å². The third kappa shape index (κ3) is 2.98. The second kappa shape index (κ2) is 5.34. The van der Waals surface area contributed by atoms with E-state index in [1.807, 2.05) is 0 Å². The third-order valence-electron chi connectivity index (χ3n) is 2.56. The molecule has 0 fully saturated rings. The number of carbonyl (C=O) groups is 2. The number of carboxylic acid groups (broad SMARTS) is 1. The van der Waals surface area contributed by atoms with E-state index < -0.39 is 11.9 Å². The van der Waals surface area contributed by atoms with Crippen molar-refractivity contribution in [2.75, 3.05) is 5.32 Å². The molecule has 0 aliphatic heterocycles. The fourth-order valence-corrected chi connectivity index (χ4v) is 1.65. The number of carboxylic acids is 1. The number of hydrogen-bond donors (Lipinski definition) is 2. The number of carbonyl (C=O) groups excluding carboxylic acids is 1. The number of amides is 1. The molecule has 0 saturated carbocycles. The summed E-state index contributed by atoms with van der Waals surface area (Å²) in [5.41, 5.74) is 1.60. The zero-order valence-corrected chi connectivity index (χ0v) is 10.2. The number of hydrogen-bond acceptors (Lipinski definition) is 4. The number of aryl methyl sites for hydroxylation is 1. The third-order valence-corrected chi connectivity index (χ3v) is 2.56. The smallest absolute Gasteiger partial charge is 0.307 e. The van der Waals surface area contributed by atoms with E-state index in [1.54, 1.807) is 31.2 Å². The molecule has 6 heteroatoms. The van der Waals surface area contributed by atoms with Crippen LogP contribution in [0.4, 0.5) is 5.69 Å². The van der Waals surface area contributed by atoms with Crippen LogP contribution < -0.4 is 5.32 Å². The first-order valence-corrected chi connectivity index (χ1v) is 5.60. The molecule has 0 unspecified atom stereocenters. The number of anilines is 1. The molecule has 0 aliphatic rings. The minimum Gasteiger partial charge on any atom is -0.481 e. The van der Waals surface area contributed by atoms with Gasteiger partial charge < -0.3 is 14.9 Å². The van der Waals surface area contributed by atoms with Gasteiger partial charge in [0, 0.05) is 11.3 Å². The van der Waals surface area contributed by atoms with Gasteiger partial charge in [0.05, 0.1) is 12.6 Å². The maximum Gasteiger partial charge on any atom is 0.307 e. The average Bonchev–Trinajstić information content (AvgIpc) is 2.77. The molecule has 6 nitrogen and oxygen atoms in total. The predicted molar refractivity (Wildman–Crippen MR) is 67.0 cm³/mol. The summed E-state index contributed by atoms with van der Waals surface area (Å²) in [6, 6.07) is 6.72. The summed E-state index contributed by atoms with van der Waals surface area (Å²) in [4.78, 5) is 22.7. The highest BCUT2D eigenvalue weighted by atomic mass is 16.5. The van der Waals surface area contributed by atoms with E-state index in [-0.39, 0.29) is 12.2 Å². The molecule has 0 atom stereocenters.